The third-order valence-corrected chi connectivity index (χ3v) is 1.93. The lowest BCUT2D eigenvalue weighted by atomic mass is 10.3. The molecule has 0 radical (unpaired) electrons. The third-order valence-electron chi connectivity index (χ3n) is 1.93. The molecule has 0 fully saturated rings. The van der Waals surface area contributed by atoms with Crippen molar-refractivity contribution in [2.75, 3.05) is 13.4 Å². The van der Waals surface area contributed by atoms with Gasteiger partial charge in [0.25, 0.3) is 0 Å². The second-order valence-electron chi connectivity index (χ2n) is 3.01. The summed E-state index contributed by atoms with van der Waals surface area (Å²) in [6.45, 7) is 0.364. The number of fused-ring (bicyclic) bond motifs is 1. The molecule has 2 rings (SSSR count). The van der Waals surface area contributed by atoms with E-state index in [4.69, 9.17) is 19.3 Å². The largest absolute Gasteiger partial charge is 0.493 e. The molecule has 1 aromatic carbocycles. The number of carboxylic acid groups (broad SMARTS) is 1. The monoisotopic (exact) mass is 210 g/mol. The minimum absolute atomic E-state index is 0.0194. The zero-order valence-corrected chi connectivity index (χ0v) is 7.93. The number of aliphatic carboxylic acids is 1. The number of hydrogen-bond acceptors (Lipinski definition) is 4. The number of rotatable bonds is 4. The predicted octanol–water partition coefficient (Wildman–Crippen LogP) is 1.27. The quantitative estimate of drug-likeness (QED) is 0.810. The van der Waals surface area contributed by atoms with Gasteiger partial charge in [-0.2, -0.15) is 0 Å². The first-order valence-corrected chi connectivity index (χ1v) is 4.50. The van der Waals surface area contributed by atoms with E-state index in [0.717, 1.165) is 0 Å². The Kier molecular flexibility index (Phi) is 2.62. The van der Waals surface area contributed by atoms with E-state index in [1.807, 2.05) is 0 Å². The fraction of sp³-hybridized carbons (Fsp3) is 0.300. The van der Waals surface area contributed by atoms with E-state index in [1.54, 1.807) is 18.2 Å². The van der Waals surface area contributed by atoms with Gasteiger partial charge in [-0.1, -0.05) is 0 Å². The van der Waals surface area contributed by atoms with Crippen LogP contribution in [0.2, 0.25) is 0 Å². The van der Waals surface area contributed by atoms with Crippen LogP contribution in [0.15, 0.2) is 18.2 Å². The van der Waals surface area contributed by atoms with Gasteiger partial charge in [-0.25, -0.2) is 0 Å². The molecule has 5 nitrogen and oxygen atoms in total. The summed E-state index contributed by atoms with van der Waals surface area (Å²) in [6, 6.07) is 5.14. The van der Waals surface area contributed by atoms with Gasteiger partial charge in [-0.05, 0) is 12.1 Å². The zero-order chi connectivity index (χ0) is 10.7. The molecule has 1 aliphatic heterocycles. The Bertz CT molecular complexity index is 374. The van der Waals surface area contributed by atoms with Gasteiger partial charge in [0.05, 0.1) is 13.0 Å². The van der Waals surface area contributed by atoms with Crippen molar-refractivity contribution in [3.05, 3.63) is 18.2 Å². The van der Waals surface area contributed by atoms with Gasteiger partial charge < -0.3 is 19.3 Å². The van der Waals surface area contributed by atoms with Crippen molar-refractivity contribution in [1.29, 1.82) is 0 Å². The smallest absolute Gasteiger partial charge is 0.306 e. The molecule has 0 saturated heterocycles. The number of carbonyl (C=O) groups is 1. The van der Waals surface area contributed by atoms with Crippen molar-refractivity contribution >= 4 is 5.97 Å². The maximum absolute atomic E-state index is 10.3. The van der Waals surface area contributed by atoms with Gasteiger partial charge in [0.1, 0.15) is 5.75 Å². The molecular weight excluding hydrogens is 200 g/mol. The highest BCUT2D eigenvalue weighted by Gasteiger charge is 2.13. The van der Waals surface area contributed by atoms with Crippen LogP contribution in [-0.4, -0.2) is 24.5 Å². The Morgan fingerprint density at radius 3 is 3.00 bits per heavy atom. The summed E-state index contributed by atoms with van der Waals surface area (Å²) < 4.78 is 15.5. The number of ether oxygens (including phenoxy) is 3. The minimum Gasteiger partial charge on any atom is -0.493 e. The summed E-state index contributed by atoms with van der Waals surface area (Å²) in [5, 5.41) is 8.42. The first-order chi connectivity index (χ1) is 7.25. The molecule has 1 aliphatic rings. The fourth-order valence-electron chi connectivity index (χ4n) is 1.22. The Hall–Kier alpha value is -1.91. The van der Waals surface area contributed by atoms with E-state index in [0.29, 0.717) is 17.2 Å². The van der Waals surface area contributed by atoms with Gasteiger partial charge in [0.15, 0.2) is 11.5 Å². The topological polar surface area (TPSA) is 65.0 Å². The van der Waals surface area contributed by atoms with Crippen molar-refractivity contribution in [3.8, 4) is 17.2 Å². The highest BCUT2D eigenvalue weighted by molar-refractivity contribution is 5.66. The highest BCUT2D eigenvalue weighted by Crippen LogP contribution is 2.34. The second kappa shape index (κ2) is 4.08. The van der Waals surface area contributed by atoms with Crippen molar-refractivity contribution in [1.82, 2.24) is 0 Å². The molecule has 1 aromatic rings. The van der Waals surface area contributed by atoms with E-state index in [9.17, 15) is 4.79 Å². The first-order valence-electron chi connectivity index (χ1n) is 4.50. The van der Waals surface area contributed by atoms with Crippen LogP contribution >= 0.6 is 0 Å². The number of hydrogen-bond donors (Lipinski definition) is 1. The van der Waals surface area contributed by atoms with Crippen molar-refractivity contribution in [2.24, 2.45) is 0 Å². The molecule has 0 amide bonds. The lowest BCUT2D eigenvalue weighted by Gasteiger charge is -2.04. The summed E-state index contributed by atoms with van der Waals surface area (Å²) in [4.78, 5) is 10.3. The lowest BCUT2D eigenvalue weighted by molar-refractivity contribution is -0.137. The summed E-state index contributed by atoms with van der Waals surface area (Å²) in [5.41, 5.74) is 0. The molecule has 0 aliphatic carbocycles. The average Bonchev–Trinajstić information content (AvgIpc) is 2.64. The molecule has 0 aromatic heterocycles. The minimum atomic E-state index is -0.879. The van der Waals surface area contributed by atoms with E-state index in [-0.39, 0.29) is 19.8 Å². The van der Waals surface area contributed by atoms with Crippen molar-refractivity contribution in [2.45, 2.75) is 6.42 Å². The molecule has 1 N–H and O–H groups in total. The van der Waals surface area contributed by atoms with Gasteiger partial charge in [-0.15, -0.1) is 0 Å². The van der Waals surface area contributed by atoms with Crippen LogP contribution in [-0.2, 0) is 4.79 Å². The van der Waals surface area contributed by atoms with Gasteiger partial charge in [-0.3, -0.25) is 4.79 Å². The van der Waals surface area contributed by atoms with Crippen LogP contribution in [0.5, 0.6) is 17.2 Å². The van der Waals surface area contributed by atoms with E-state index >= 15 is 0 Å². The average molecular weight is 210 g/mol. The molecule has 0 unspecified atom stereocenters. The van der Waals surface area contributed by atoms with Crippen molar-refractivity contribution in [3.63, 3.8) is 0 Å². The van der Waals surface area contributed by atoms with E-state index in [1.165, 1.54) is 0 Å². The maximum Gasteiger partial charge on any atom is 0.306 e. The molecule has 1 heterocycles. The van der Waals surface area contributed by atoms with Gasteiger partial charge in [0, 0.05) is 6.07 Å². The van der Waals surface area contributed by atoms with E-state index in [2.05, 4.69) is 0 Å². The van der Waals surface area contributed by atoms with E-state index < -0.39 is 5.97 Å². The Morgan fingerprint density at radius 2 is 2.20 bits per heavy atom. The second-order valence-corrected chi connectivity index (χ2v) is 3.01. The number of carboxylic acids is 1. The van der Waals surface area contributed by atoms with Crippen LogP contribution in [0.1, 0.15) is 6.42 Å². The van der Waals surface area contributed by atoms with Gasteiger partial charge in [0.2, 0.25) is 6.79 Å². The molecule has 0 spiro atoms. The molecular formula is C10H10O5. The normalized spacial score (nSPS) is 12.5. The highest BCUT2D eigenvalue weighted by atomic mass is 16.7. The van der Waals surface area contributed by atoms with Crippen LogP contribution < -0.4 is 14.2 Å². The molecule has 5 heteroatoms. The zero-order valence-electron chi connectivity index (χ0n) is 7.93. The Balaban J connectivity index is 1.95. The van der Waals surface area contributed by atoms with Gasteiger partial charge >= 0.3 is 5.97 Å². The third kappa shape index (κ3) is 2.31. The molecule has 80 valence electrons. The number of benzene rings is 1. The first kappa shape index (κ1) is 9.64. The van der Waals surface area contributed by atoms with Crippen LogP contribution in [0, 0.1) is 0 Å². The predicted molar refractivity (Wildman–Crippen MR) is 50.3 cm³/mol. The Labute approximate surface area is 86.2 Å². The lowest BCUT2D eigenvalue weighted by Crippen LogP contribution is -2.04. The SMILES string of the molecule is O=C(O)CCOc1ccc2c(c1)OCO2. The molecule has 15 heavy (non-hydrogen) atoms. The van der Waals surface area contributed by atoms with Crippen LogP contribution in [0.3, 0.4) is 0 Å². The standard InChI is InChI=1S/C10H10O5/c11-10(12)3-4-13-7-1-2-8-9(5-7)15-6-14-8/h1-2,5H,3-4,6H2,(H,11,12). The van der Waals surface area contributed by atoms with Crippen LogP contribution in [0.25, 0.3) is 0 Å². The fourth-order valence-corrected chi connectivity index (χ4v) is 1.22. The van der Waals surface area contributed by atoms with Crippen LogP contribution in [0.4, 0.5) is 0 Å². The Morgan fingerprint density at radius 1 is 1.40 bits per heavy atom. The molecule has 0 saturated carbocycles. The summed E-state index contributed by atoms with van der Waals surface area (Å²) in [7, 11) is 0. The molecule has 0 atom stereocenters. The summed E-state index contributed by atoms with van der Waals surface area (Å²) >= 11 is 0. The molecule has 0 bridgehead atoms. The van der Waals surface area contributed by atoms with Crippen molar-refractivity contribution < 1.29 is 24.1 Å². The summed E-state index contributed by atoms with van der Waals surface area (Å²) in [6.07, 6.45) is -0.0194. The maximum atomic E-state index is 10.3. The summed E-state index contributed by atoms with van der Waals surface area (Å²) in [5.74, 6) is 1.01.